The molecule has 0 saturated carbocycles. The molecule has 4 heteroatoms. The molecule has 110 valence electrons. The Hall–Kier alpha value is -1.32. The number of ether oxygens (including phenoxy) is 2. The van der Waals surface area contributed by atoms with Gasteiger partial charge in [-0.15, -0.1) is 0 Å². The molecule has 2 aromatic carbocycles. The summed E-state index contributed by atoms with van der Waals surface area (Å²) in [7, 11) is 4.12. The van der Waals surface area contributed by atoms with Crippen molar-refractivity contribution in [3.8, 4) is 0 Å². The molecule has 0 amide bonds. The van der Waals surface area contributed by atoms with Crippen LogP contribution < -0.4 is 13.8 Å². The van der Waals surface area contributed by atoms with Gasteiger partial charge in [0.25, 0.3) is 0 Å². The molecule has 1 fully saturated rings. The van der Waals surface area contributed by atoms with Crippen molar-refractivity contribution in [2.24, 2.45) is 0 Å². The number of rotatable bonds is 4. The van der Waals surface area contributed by atoms with Crippen molar-refractivity contribution in [3.63, 3.8) is 0 Å². The average Bonchev–Trinajstić information content (AvgIpc) is 3.03. The van der Waals surface area contributed by atoms with Crippen LogP contribution in [-0.4, -0.2) is 42.3 Å². The quantitative estimate of drug-likeness (QED) is 0.781. The van der Waals surface area contributed by atoms with Crippen molar-refractivity contribution in [3.05, 3.63) is 54.1 Å². The molecule has 0 radical (unpaired) electrons. The first-order valence-corrected chi connectivity index (χ1v) is 8.72. The summed E-state index contributed by atoms with van der Waals surface area (Å²) in [6.07, 6.45) is -0.175. The molecule has 1 aliphatic heterocycles. The van der Waals surface area contributed by atoms with Gasteiger partial charge in [-0.05, 0) is 0 Å². The first-order valence-electron chi connectivity index (χ1n) is 7.01. The third kappa shape index (κ3) is 3.66. The molecule has 2 aromatic rings. The van der Waals surface area contributed by atoms with E-state index in [0.717, 1.165) is 5.56 Å². The molecule has 0 aromatic heterocycles. The number of nitrogens with zero attached hydrogens (tertiary/aromatic N) is 1. The second-order valence-corrected chi connectivity index (χ2v) is 7.54. The van der Waals surface area contributed by atoms with Gasteiger partial charge in [0.1, 0.15) is 0 Å². The van der Waals surface area contributed by atoms with E-state index in [-0.39, 0.29) is 6.29 Å². The van der Waals surface area contributed by atoms with Crippen molar-refractivity contribution in [1.82, 2.24) is 0 Å². The maximum absolute atomic E-state index is 5.51. The van der Waals surface area contributed by atoms with Crippen LogP contribution in [0.15, 0.2) is 48.5 Å². The number of hydrogen-bond acceptors (Lipinski definition) is 3. The first kappa shape index (κ1) is 14.6. The van der Waals surface area contributed by atoms with Gasteiger partial charge in [0.2, 0.25) is 0 Å². The summed E-state index contributed by atoms with van der Waals surface area (Å²) in [5, 5.41) is 0. The van der Waals surface area contributed by atoms with Gasteiger partial charge in [-0.3, -0.25) is 0 Å². The number of benzene rings is 2. The van der Waals surface area contributed by atoms with Gasteiger partial charge in [-0.2, -0.15) is 0 Å². The summed E-state index contributed by atoms with van der Waals surface area (Å²) >= 11 is 0.334. The Kier molecular flexibility index (Phi) is 4.61. The van der Waals surface area contributed by atoms with E-state index in [1.807, 2.05) is 0 Å². The van der Waals surface area contributed by atoms with Crippen molar-refractivity contribution >= 4 is 29.6 Å². The van der Waals surface area contributed by atoms with Gasteiger partial charge >= 0.3 is 132 Å². The predicted octanol–water partition coefficient (Wildman–Crippen LogP) is 1.45. The second-order valence-electron chi connectivity index (χ2n) is 5.13. The molecule has 0 atom stereocenters. The molecule has 0 bridgehead atoms. The van der Waals surface area contributed by atoms with Crippen molar-refractivity contribution in [2.75, 3.05) is 32.2 Å². The standard InChI is InChI=1S/C17H19NO2Se/c1-18(2)14-5-9-16(10-6-14)21-15-7-3-13(4-8-15)17-19-11-12-20-17/h3-10,17H,11-12H2,1-2H3. The predicted molar refractivity (Wildman–Crippen MR) is 86.9 cm³/mol. The average molecular weight is 348 g/mol. The topological polar surface area (TPSA) is 21.7 Å². The van der Waals surface area contributed by atoms with Crippen molar-refractivity contribution in [1.29, 1.82) is 0 Å². The normalized spacial score (nSPS) is 15.3. The van der Waals surface area contributed by atoms with Crippen LogP contribution in [0.4, 0.5) is 5.69 Å². The summed E-state index contributed by atoms with van der Waals surface area (Å²) in [4.78, 5) is 2.12. The Labute approximate surface area is 132 Å². The molecule has 0 unspecified atom stereocenters. The summed E-state index contributed by atoms with van der Waals surface area (Å²) in [5.74, 6) is 0. The Morgan fingerprint density at radius 3 is 1.90 bits per heavy atom. The van der Waals surface area contributed by atoms with Gasteiger partial charge in [-0.25, -0.2) is 0 Å². The zero-order chi connectivity index (χ0) is 14.7. The number of anilines is 1. The second kappa shape index (κ2) is 6.63. The molecule has 1 saturated heterocycles. The Morgan fingerprint density at radius 1 is 0.857 bits per heavy atom. The Bertz CT molecular complexity index is 575. The molecule has 3 nitrogen and oxygen atoms in total. The number of hydrogen-bond donors (Lipinski definition) is 0. The van der Waals surface area contributed by atoms with Crippen LogP contribution in [0, 0.1) is 0 Å². The van der Waals surface area contributed by atoms with Crippen molar-refractivity contribution < 1.29 is 9.47 Å². The summed E-state index contributed by atoms with van der Waals surface area (Å²) in [5.41, 5.74) is 2.34. The van der Waals surface area contributed by atoms with E-state index in [0.29, 0.717) is 28.2 Å². The molecule has 21 heavy (non-hydrogen) atoms. The van der Waals surface area contributed by atoms with E-state index in [1.54, 1.807) is 0 Å². The Morgan fingerprint density at radius 2 is 1.38 bits per heavy atom. The summed E-state index contributed by atoms with van der Waals surface area (Å²) < 4.78 is 13.8. The van der Waals surface area contributed by atoms with Crippen LogP contribution in [-0.2, 0) is 9.47 Å². The fraction of sp³-hybridized carbons (Fsp3) is 0.294. The summed E-state index contributed by atoms with van der Waals surface area (Å²) in [6.45, 7) is 1.38. The molecule has 1 aliphatic rings. The van der Waals surface area contributed by atoms with Gasteiger partial charge in [0.15, 0.2) is 0 Å². The third-order valence-corrected chi connectivity index (χ3v) is 5.49. The fourth-order valence-electron chi connectivity index (χ4n) is 2.19. The first-order chi connectivity index (χ1) is 10.2. The minimum atomic E-state index is -0.175. The van der Waals surface area contributed by atoms with E-state index in [1.165, 1.54) is 14.6 Å². The molecule has 0 aliphatic carbocycles. The van der Waals surface area contributed by atoms with Gasteiger partial charge in [-0.1, -0.05) is 0 Å². The monoisotopic (exact) mass is 349 g/mol. The molecule has 1 heterocycles. The van der Waals surface area contributed by atoms with Gasteiger partial charge in [0, 0.05) is 0 Å². The van der Waals surface area contributed by atoms with Crippen LogP contribution >= 0.6 is 0 Å². The molecular weight excluding hydrogens is 329 g/mol. The van der Waals surface area contributed by atoms with Gasteiger partial charge < -0.3 is 0 Å². The van der Waals surface area contributed by atoms with Crippen LogP contribution in [0.25, 0.3) is 0 Å². The Balaban J connectivity index is 1.67. The fourth-order valence-corrected chi connectivity index (χ4v) is 3.91. The van der Waals surface area contributed by atoms with Crippen LogP contribution in [0.3, 0.4) is 0 Å². The van der Waals surface area contributed by atoms with Crippen LogP contribution in [0.1, 0.15) is 11.9 Å². The van der Waals surface area contributed by atoms with Crippen LogP contribution in [0.2, 0.25) is 0 Å². The SMILES string of the molecule is CN(C)c1ccc([Se]c2ccc(C3OCCO3)cc2)cc1. The van der Waals surface area contributed by atoms with E-state index < -0.39 is 0 Å². The zero-order valence-corrected chi connectivity index (χ0v) is 14.0. The van der Waals surface area contributed by atoms with E-state index in [4.69, 9.17) is 9.47 Å². The summed E-state index contributed by atoms with van der Waals surface area (Å²) in [6, 6.07) is 17.4. The molecule has 3 rings (SSSR count). The third-order valence-electron chi connectivity index (χ3n) is 3.36. The molecule has 0 N–H and O–H groups in total. The molecular formula is C17H19NO2Se. The van der Waals surface area contributed by atoms with Gasteiger partial charge in [0.05, 0.1) is 0 Å². The maximum atomic E-state index is 5.51. The van der Waals surface area contributed by atoms with Crippen LogP contribution in [0.5, 0.6) is 0 Å². The van der Waals surface area contributed by atoms with Crippen molar-refractivity contribution in [2.45, 2.75) is 6.29 Å². The minimum absolute atomic E-state index is 0.175. The van der Waals surface area contributed by atoms with E-state index in [2.05, 4.69) is 67.5 Å². The van der Waals surface area contributed by atoms with E-state index in [9.17, 15) is 0 Å². The molecule has 0 spiro atoms. The zero-order valence-electron chi connectivity index (χ0n) is 12.3. The van der Waals surface area contributed by atoms with E-state index >= 15 is 0 Å².